The summed E-state index contributed by atoms with van der Waals surface area (Å²) in [6.07, 6.45) is 3.49. The second kappa shape index (κ2) is 6.59. The number of hydrogen-bond donors (Lipinski definition) is 1. The molecule has 142 valence electrons. The van der Waals surface area contributed by atoms with E-state index in [4.69, 9.17) is 0 Å². The summed E-state index contributed by atoms with van der Waals surface area (Å²) in [5.74, 6) is -1.07. The number of nitrogens with one attached hydrogen (secondary N) is 1. The van der Waals surface area contributed by atoms with Gasteiger partial charge in [0.2, 0.25) is 17.7 Å². The maximum Gasteiger partial charge on any atom is 0.240 e. The third-order valence-corrected chi connectivity index (χ3v) is 6.37. The smallest absolute Gasteiger partial charge is 0.240 e. The van der Waals surface area contributed by atoms with Crippen LogP contribution in [0.4, 0.5) is 0 Å². The van der Waals surface area contributed by atoms with E-state index in [1.807, 2.05) is 36.4 Å². The van der Waals surface area contributed by atoms with E-state index in [0.717, 1.165) is 47.9 Å². The number of carbonyl (C=O) groups excluding carboxylic acids is 3. The number of fused-ring (bicyclic) bond motifs is 4. The van der Waals surface area contributed by atoms with Gasteiger partial charge in [-0.05, 0) is 35.1 Å². The second-order valence-electron chi connectivity index (χ2n) is 7.94. The summed E-state index contributed by atoms with van der Waals surface area (Å²) < 4.78 is 0. The maximum atomic E-state index is 12.8. The number of rotatable bonds is 3. The summed E-state index contributed by atoms with van der Waals surface area (Å²) in [4.78, 5) is 39.3. The summed E-state index contributed by atoms with van der Waals surface area (Å²) in [5, 5.41) is 3.06. The molecule has 0 spiro atoms. The van der Waals surface area contributed by atoms with Crippen LogP contribution < -0.4 is 5.32 Å². The quantitative estimate of drug-likeness (QED) is 0.840. The first-order valence-corrected chi connectivity index (χ1v) is 9.98. The Hall–Kier alpha value is -2.95. The molecular weight excluding hydrogens is 352 g/mol. The fraction of sp³-hybridized carbons (Fsp3) is 0.348. The third kappa shape index (κ3) is 2.57. The highest BCUT2D eigenvalue weighted by Gasteiger charge is 2.48. The molecule has 5 nitrogen and oxygen atoms in total. The summed E-state index contributed by atoms with van der Waals surface area (Å²) in [7, 11) is 0. The van der Waals surface area contributed by atoms with Gasteiger partial charge in [-0.3, -0.25) is 19.3 Å². The standard InChI is InChI=1S/C23H22N2O3/c26-20(13-25-22(27)18-11-5-6-12-19(18)23(25)28)24-21-16-9-3-1-7-14(16)15-8-2-4-10-17(15)21/h1-4,7-10,18-19,21H,5-6,11-13H2,(H,24,26)/t18-,19-/m0/s1. The topological polar surface area (TPSA) is 66.5 Å². The van der Waals surface area contributed by atoms with Crippen molar-refractivity contribution in [1.29, 1.82) is 0 Å². The Morgan fingerprint density at radius 1 is 0.857 bits per heavy atom. The molecule has 1 aliphatic heterocycles. The fourth-order valence-electron chi connectivity index (χ4n) is 5.05. The molecule has 2 aliphatic carbocycles. The van der Waals surface area contributed by atoms with E-state index in [9.17, 15) is 14.4 Å². The van der Waals surface area contributed by atoms with Crippen molar-refractivity contribution in [2.45, 2.75) is 31.7 Å². The largest absolute Gasteiger partial charge is 0.344 e. The zero-order chi connectivity index (χ0) is 19.3. The van der Waals surface area contributed by atoms with Crippen molar-refractivity contribution in [3.05, 3.63) is 59.7 Å². The molecule has 2 atom stereocenters. The zero-order valence-electron chi connectivity index (χ0n) is 15.6. The molecule has 1 saturated carbocycles. The van der Waals surface area contributed by atoms with Crippen LogP contribution in [-0.2, 0) is 14.4 Å². The fourth-order valence-corrected chi connectivity index (χ4v) is 5.05. The van der Waals surface area contributed by atoms with Crippen molar-refractivity contribution >= 4 is 17.7 Å². The van der Waals surface area contributed by atoms with Crippen molar-refractivity contribution in [3.63, 3.8) is 0 Å². The Morgan fingerprint density at radius 2 is 1.36 bits per heavy atom. The number of hydrogen-bond acceptors (Lipinski definition) is 3. The van der Waals surface area contributed by atoms with Gasteiger partial charge >= 0.3 is 0 Å². The predicted molar refractivity (Wildman–Crippen MR) is 104 cm³/mol. The number of amides is 3. The van der Waals surface area contributed by atoms with Crippen LogP contribution in [0.15, 0.2) is 48.5 Å². The molecule has 3 amide bonds. The highest BCUT2D eigenvalue weighted by atomic mass is 16.2. The molecule has 1 heterocycles. The van der Waals surface area contributed by atoms with Crippen LogP contribution in [0.25, 0.3) is 11.1 Å². The van der Waals surface area contributed by atoms with Crippen molar-refractivity contribution < 1.29 is 14.4 Å². The lowest BCUT2D eigenvalue weighted by Gasteiger charge is -2.19. The molecule has 0 unspecified atom stereocenters. The third-order valence-electron chi connectivity index (χ3n) is 6.37. The van der Waals surface area contributed by atoms with Gasteiger partial charge < -0.3 is 5.32 Å². The first-order valence-electron chi connectivity index (χ1n) is 9.98. The molecule has 0 aromatic heterocycles. The van der Waals surface area contributed by atoms with E-state index in [1.165, 1.54) is 4.90 Å². The van der Waals surface area contributed by atoms with Crippen molar-refractivity contribution in [1.82, 2.24) is 10.2 Å². The monoisotopic (exact) mass is 374 g/mol. The van der Waals surface area contributed by atoms with Gasteiger partial charge in [-0.15, -0.1) is 0 Å². The minimum atomic E-state index is -0.295. The van der Waals surface area contributed by atoms with Gasteiger partial charge in [-0.2, -0.15) is 0 Å². The number of likely N-dealkylation sites (tertiary alicyclic amines) is 1. The molecule has 5 rings (SSSR count). The Labute approximate surface area is 163 Å². The lowest BCUT2D eigenvalue weighted by molar-refractivity contribution is -0.143. The second-order valence-corrected chi connectivity index (χ2v) is 7.94. The van der Waals surface area contributed by atoms with Crippen LogP contribution in [-0.4, -0.2) is 29.2 Å². The van der Waals surface area contributed by atoms with Gasteiger partial charge in [0.05, 0.1) is 17.9 Å². The van der Waals surface area contributed by atoms with Crippen LogP contribution in [0.2, 0.25) is 0 Å². The van der Waals surface area contributed by atoms with Gasteiger partial charge in [0.1, 0.15) is 6.54 Å². The number of nitrogens with zero attached hydrogens (tertiary/aromatic N) is 1. The highest BCUT2D eigenvalue weighted by molar-refractivity contribution is 6.07. The summed E-state index contributed by atoms with van der Waals surface area (Å²) >= 11 is 0. The summed E-state index contributed by atoms with van der Waals surface area (Å²) in [5.41, 5.74) is 4.32. The van der Waals surface area contributed by atoms with Crippen molar-refractivity contribution in [2.24, 2.45) is 11.8 Å². The number of imide groups is 1. The minimum absolute atomic E-state index is 0.169. The van der Waals surface area contributed by atoms with Gasteiger partial charge in [-0.25, -0.2) is 0 Å². The molecule has 3 aliphatic rings. The molecule has 5 heteroatoms. The van der Waals surface area contributed by atoms with Crippen molar-refractivity contribution in [2.75, 3.05) is 6.54 Å². The Morgan fingerprint density at radius 3 is 1.89 bits per heavy atom. The van der Waals surface area contributed by atoms with Gasteiger partial charge in [0, 0.05) is 0 Å². The molecule has 1 saturated heterocycles. The summed E-state index contributed by atoms with van der Waals surface area (Å²) in [6.45, 7) is -0.189. The van der Waals surface area contributed by atoms with Gasteiger partial charge in [-0.1, -0.05) is 61.4 Å². The molecule has 0 bridgehead atoms. The lowest BCUT2D eigenvalue weighted by Crippen LogP contribution is -2.42. The van der Waals surface area contributed by atoms with Crippen molar-refractivity contribution in [3.8, 4) is 11.1 Å². The maximum absolute atomic E-state index is 12.8. The molecule has 28 heavy (non-hydrogen) atoms. The SMILES string of the molecule is O=C(CN1C(=O)[C@H]2CCCC[C@@H]2C1=O)NC1c2ccccc2-c2ccccc21. The molecule has 2 aromatic rings. The van der Waals surface area contributed by atoms with E-state index < -0.39 is 0 Å². The van der Waals surface area contributed by atoms with Crippen LogP contribution in [0.5, 0.6) is 0 Å². The van der Waals surface area contributed by atoms with Crippen LogP contribution in [0, 0.1) is 11.8 Å². The molecule has 0 radical (unpaired) electrons. The average molecular weight is 374 g/mol. The van der Waals surface area contributed by atoms with E-state index in [-0.39, 0.29) is 42.1 Å². The molecule has 2 aromatic carbocycles. The van der Waals surface area contributed by atoms with E-state index in [0.29, 0.717) is 0 Å². The van der Waals surface area contributed by atoms with E-state index in [1.54, 1.807) is 0 Å². The number of carbonyl (C=O) groups is 3. The molecule has 1 N–H and O–H groups in total. The minimum Gasteiger partial charge on any atom is -0.344 e. The first-order chi connectivity index (χ1) is 13.6. The van der Waals surface area contributed by atoms with Crippen LogP contribution in [0.1, 0.15) is 42.9 Å². The molecular formula is C23H22N2O3. The number of benzene rings is 2. The zero-order valence-corrected chi connectivity index (χ0v) is 15.6. The van der Waals surface area contributed by atoms with E-state index in [2.05, 4.69) is 17.4 Å². The Bertz CT molecular complexity index is 914. The van der Waals surface area contributed by atoms with Gasteiger partial charge in [0.25, 0.3) is 0 Å². The Balaban J connectivity index is 1.37. The average Bonchev–Trinajstić information content (AvgIpc) is 3.17. The normalized spacial score (nSPS) is 23.4. The lowest BCUT2D eigenvalue weighted by atomic mass is 9.81. The van der Waals surface area contributed by atoms with E-state index >= 15 is 0 Å². The van der Waals surface area contributed by atoms with Gasteiger partial charge in [0.15, 0.2) is 0 Å². The van der Waals surface area contributed by atoms with Crippen LogP contribution in [0.3, 0.4) is 0 Å². The van der Waals surface area contributed by atoms with Crippen LogP contribution >= 0.6 is 0 Å². The first kappa shape index (κ1) is 17.2. The predicted octanol–water partition coefficient (Wildman–Crippen LogP) is 3.05. The molecule has 2 fully saturated rings. The summed E-state index contributed by atoms with van der Waals surface area (Å²) in [6, 6.07) is 15.8. The Kier molecular flexibility index (Phi) is 4.04. The highest BCUT2D eigenvalue weighted by Crippen LogP contribution is 2.43.